The summed E-state index contributed by atoms with van der Waals surface area (Å²) in [6, 6.07) is 2.21. The summed E-state index contributed by atoms with van der Waals surface area (Å²) in [5.74, 6) is -0.299. The van der Waals surface area contributed by atoms with Crippen molar-refractivity contribution in [3.63, 3.8) is 0 Å². The van der Waals surface area contributed by atoms with Gasteiger partial charge in [0, 0.05) is 6.26 Å². The van der Waals surface area contributed by atoms with Gasteiger partial charge in [-0.25, -0.2) is 13.4 Å². The maximum Gasteiger partial charge on any atom is 0.241 e. The van der Waals surface area contributed by atoms with Crippen molar-refractivity contribution in [2.24, 2.45) is 11.7 Å². The molecule has 0 spiro atoms. The van der Waals surface area contributed by atoms with Gasteiger partial charge in [-0.1, -0.05) is 13.8 Å². The number of hydrogen-bond acceptors (Lipinski definition) is 5. The highest BCUT2D eigenvalue weighted by Gasteiger charge is 2.17. The molecular formula is C11H17N3O3S. The molecule has 1 rings (SSSR count). The van der Waals surface area contributed by atoms with E-state index in [0.717, 1.165) is 6.26 Å². The minimum atomic E-state index is -3.33. The van der Waals surface area contributed by atoms with Gasteiger partial charge < -0.3 is 11.1 Å². The molecule has 0 aliphatic rings. The van der Waals surface area contributed by atoms with Crippen LogP contribution in [0.25, 0.3) is 0 Å². The number of nitrogens with one attached hydrogen (secondary N) is 1. The first-order chi connectivity index (χ1) is 8.21. The maximum atomic E-state index is 11.7. The fourth-order valence-corrected chi connectivity index (χ4v) is 1.76. The number of carbonyl (C=O) groups excluding carboxylic acids is 1. The van der Waals surface area contributed by atoms with E-state index in [4.69, 9.17) is 5.73 Å². The number of nitrogens with zero attached hydrogens (tertiary/aromatic N) is 1. The Hall–Kier alpha value is -1.47. The lowest BCUT2D eigenvalue weighted by molar-refractivity contribution is -0.118. The summed E-state index contributed by atoms with van der Waals surface area (Å²) >= 11 is 0. The van der Waals surface area contributed by atoms with Gasteiger partial charge in [-0.15, -0.1) is 0 Å². The van der Waals surface area contributed by atoms with Crippen molar-refractivity contribution in [1.82, 2.24) is 4.98 Å². The van der Waals surface area contributed by atoms with E-state index in [9.17, 15) is 13.2 Å². The third kappa shape index (κ3) is 3.78. The molecule has 0 saturated carbocycles. The molecule has 0 radical (unpaired) electrons. The van der Waals surface area contributed by atoms with Gasteiger partial charge in [0.2, 0.25) is 5.91 Å². The lowest BCUT2D eigenvalue weighted by Crippen LogP contribution is -2.39. The van der Waals surface area contributed by atoms with E-state index < -0.39 is 15.9 Å². The summed E-state index contributed by atoms with van der Waals surface area (Å²) in [6.07, 6.45) is 2.36. The molecule has 1 amide bonds. The Morgan fingerprint density at radius 3 is 2.39 bits per heavy atom. The number of anilines is 1. The molecular weight excluding hydrogens is 254 g/mol. The van der Waals surface area contributed by atoms with Crippen molar-refractivity contribution in [2.75, 3.05) is 11.6 Å². The Bertz CT molecular complexity index is 523. The second-order valence-corrected chi connectivity index (χ2v) is 6.38. The Balaban J connectivity index is 2.79. The van der Waals surface area contributed by atoms with Crippen molar-refractivity contribution in [3.05, 3.63) is 18.3 Å². The Kier molecular flexibility index (Phi) is 4.42. The largest absolute Gasteiger partial charge is 0.323 e. The topological polar surface area (TPSA) is 102 Å². The predicted molar refractivity (Wildman–Crippen MR) is 68.8 cm³/mol. The molecule has 1 aromatic heterocycles. The quantitative estimate of drug-likeness (QED) is 0.825. The number of aromatic nitrogens is 1. The van der Waals surface area contributed by atoms with Crippen LogP contribution >= 0.6 is 0 Å². The fourth-order valence-electron chi connectivity index (χ4n) is 1.20. The molecule has 7 heteroatoms. The van der Waals surface area contributed by atoms with Gasteiger partial charge in [0.1, 0.15) is 0 Å². The molecule has 0 aliphatic heterocycles. The summed E-state index contributed by atoms with van der Waals surface area (Å²) < 4.78 is 22.4. The van der Waals surface area contributed by atoms with Gasteiger partial charge in [0.05, 0.1) is 17.9 Å². The monoisotopic (exact) mass is 271 g/mol. The number of nitrogens with two attached hydrogens (primary N) is 1. The molecule has 0 bridgehead atoms. The standard InChI is InChI=1S/C11H17N3O3S/c1-7(2)10(12)11(15)14-8-4-5-9(13-6-8)18(3,16)17/h4-7,10H,12H2,1-3H3,(H,14,15). The average molecular weight is 271 g/mol. The van der Waals surface area contributed by atoms with Gasteiger partial charge in [0.25, 0.3) is 0 Å². The first-order valence-electron chi connectivity index (χ1n) is 5.44. The van der Waals surface area contributed by atoms with Gasteiger partial charge >= 0.3 is 0 Å². The third-order valence-electron chi connectivity index (χ3n) is 2.40. The van der Waals surface area contributed by atoms with Gasteiger partial charge in [-0.3, -0.25) is 4.79 Å². The number of pyridine rings is 1. The maximum absolute atomic E-state index is 11.7. The van der Waals surface area contributed by atoms with E-state index in [0.29, 0.717) is 5.69 Å². The van der Waals surface area contributed by atoms with Crippen LogP contribution in [-0.4, -0.2) is 31.6 Å². The number of carbonyl (C=O) groups is 1. The Morgan fingerprint density at radius 1 is 1.39 bits per heavy atom. The first kappa shape index (κ1) is 14.6. The van der Waals surface area contributed by atoms with E-state index in [1.807, 2.05) is 13.8 Å². The predicted octanol–water partition coefficient (Wildman–Crippen LogP) is 0.407. The van der Waals surface area contributed by atoms with Crippen LogP contribution in [-0.2, 0) is 14.6 Å². The highest BCUT2D eigenvalue weighted by atomic mass is 32.2. The molecule has 1 unspecified atom stereocenters. The van der Waals surface area contributed by atoms with Crippen LogP contribution in [0.5, 0.6) is 0 Å². The van der Waals surface area contributed by atoms with Gasteiger partial charge in [-0.2, -0.15) is 0 Å². The van der Waals surface area contributed by atoms with E-state index in [1.165, 1.54) is 18.3 Å². The molecule has 0 aliphatic carbocycles. The molecule has 0 saturated heterocycles. The van der Waals surface area contributed by atoms with Crippen molar-refractivity contribution in [2.45, 2.75) is 24.9 Å². The van der Waals surface area contributed by atoms with Gasteiger partial charge in [0.15, 0.2) is 14.9 Å². The van der Waals surface area contributed by atoms with Crippen molar-refractivity contribution < 1.29 is 13.2 Å². The second-order valence-electron chi connectivity index (χ2n) is 4.42. The van der Waals surface area contributed by atoms with Crippen LogP contribution in [0, 0.1) is 5.92 Å². The smallest absolute Gasteiger partial charge is 0.241 e. The molecule has 1 aromatic rings. The van der Waals surface area contributed by atoms with Crippen LogP contribution in [0.15, 0.2) is 23.4 Å². The summed E-state index contributed by atoms with van der Waals surface area (Å²) in [6.45, 7) is 3.69. The summed E-state index contributed by atoms with van der Waals surface area (Å²) in [5, 5.41) is 2.55. The lowest BCUT2D eigenvalue weighted by Gasteiger charge is -2.15. The summed E-state index contributed by atoms with van der Waals surface area (Å²) in [5.41, 5.74) is 6.10. The van der Waals surface area contributed by atoms with E-state index in [2.05, 4.69) is 10.3 Å². The normalized spacial score (nSPS) is 13.4. The average Bonchev–Trinajstić information content (AvgIpc) is 2.27. The molecule has 18 heavy (non-hydrogen) atoms. The molecule has 6 nitrogen and oxygen atoms in total. The SMILES string of the molecule is CC(C)C(N)C(=O)Nc1ccc(S(C)(=O)=O)nc1. The molecule has 0 aromatic carbocycles. The van der Waals surface area contributed by atoms with Crippen LogP contribution < -0.4 is 11.1 Å². The fraction of sp³-hybridized carbons (Fsp3) is 0.455. The molecule has 3 N–H and O–H groups in total. The highest BCUT2D eigenvalue weighted by molar-refractivity contribution is 7.90. The molecule has 1 heterocycles. The zero-order valence-electron chi connectivity index (χ0n) is 10.5. The summed E-state index contributed by atoms with van der Waals surface area (Å²) in [7, 11) is -3.33. The van der Waals surface area contributed by atoms with Crippen molar-refractivity contribution in [1.29, 1.82) is 0 Å². The number of hydrogen-bond donors (Lipinski definition) is 2. The second kappa shape index (κ2) is 5.45. The van der Waals surface area contributed by atoms with E-state index in [1.54, 1.807) is 0 Å². The van der Waals surface area contributed by atoms with Crippen molar-refractivity contribution in [3.8, 4) is 0 Å². The number of sulfone groups is 1. The number of rotatable bonds is 4. The van der Waals surface area contributed by atoms with Crippen LogP contribution in [0.1, 0.15) is 13.8 Å². The summed E-state index contributed by atoms with van der Waals surface area (Å²) in [4.78, 5) is 15.4. The molecule has 1 atom stereocenters. The lowest BCUT2D eigenvalue weighted by atomic mass is 10.1. The minimum Gasteiger partial charge on any atom is -0.323 e. The van der Waals surface area contributed by atoms with Gasteiger partial charge in [-0.05, 0) is 18.1 Å². The first-order valence-corrected chi connectivity index (χ1v) is 7.33. The Labute approximate surface area is 107 Å². The van der Waals surface area contributed by atoms with E-state index in [-0.39, 0.29) is 16.9 Å². The highest BCUT2D eigenvalue weighted by Crippen LogP contribution is 2.11. The van der Waals surface area contributed by atoms with E-state index >= 15 is 0 Å². The van der Waals surface area contributed by atoms with Crippen LogP contribution in [0.3, 0.4) is 0 Å². The van der Waals surface area contributed by atoms with Crippen LogP contribution in [0.2, 0.25) is 0 Å². The number of amides is 1. The molecule has 100 valence electrons. The van der Waals surface area contributed by atoms with Crippen LogP contribution in [0.4, 0.5) is 5.69 Å². The third-order valence-corrected chi connectivity index (χ3v) is 3.41. The Morgan fingerprint density at radius 2 is 2.00 bits per heavy atom. The molecule has 0 fully saturated rings. The van der Waals surface area contributed by atoms with Crippen molar-refractivity contribution >= 4 is 21.4 Å². The zero-order chi connectivity index (χ0) is 13.9. The zero-order valence-corrected chi connectivity index (χ0v) is 11.4. The minimum absolute atomic E-state index is 0.0215.